The van der Waals surface area contributed by atoms with Gasteiger partial charge in [-0.1, -0.05) is 0 Å². The molecule has 2 heterocycles. The number of halogens is 3. The van der Waals surface area contributed by atoms with Gasteiger partial charge in [-0.15, -0.1) is 0 Å². The van der Waals surface area contributed by atoms with Gasteiger partial charge in [-0.25, -0.2) is 4.79 Å². The summed E-state index contributed by atoms with van der Waals surface area (Å²) in [6.45, 7) is 4.64. The number of carboxylic acids is 1. The number of furan rings is 1. The fourth-order valence-electron chi connectivity index (χ4n) is 2.72. The minimum atomic E-state index is -4.78. The van der Waals surface area contributed by atoms with Gasteiger partial charge in [-0.2, -0.15) is 18.3 Å². The van der Waals surface area contributed by atoms with Crippen LogP contribution in [0, 0.1) is 0 Å². The molecule has 1 amide bonds. The summed E-state index contributed by atoms with van der Waals surface area (Å²) >= 11 is 0. The molecule has 7 nitrogen and oxygen atoms in total. The van der Waals surface area contributed by atoms with Gasteiger partial charge < -0.3 is 14.8 Å². The van der Waals surface area contributed by atoms with Gasteiger partial charge in [0.1, 0.15) is 5.58 Å². The van der Waals surface area contributed by atoms with E-state index in [1.165, 1.54) is 24.3 Å². The maximum Gasteiger partial charge on any atom is 0.433 e. The van der Waals surface area contributed by atoms with Crippen molar-refractivity contribution in [3.05, 3.63) is 47.5 Å². The zero-order chi connectivity index (χ0) is 20.9. The van der Waals surface area contributed by atoms with Crippen molar-refractivity contribution in [2.24, 2.45) is 0 Å². The molecule has 0 atom stereocenters. The fourth-order valence-corrected chi connectivity index (χ4v) is 2.72. The monoisotopic (exact) mass is 395 g/mol. The zero-order valence-corrected chi connectivity index (χ0v) is 15.1. The number of carboxylic acid groups (broad SMARTS) is 1. The average molecular weight is 395 g/mol. The normalized spacial score (nSPS) is 12.4. The number of rotatable bonds is 3. The van der Waals surface area contributed by atoms with Crippen LogP contribution in [-0.4, -0.2) is 26.8 Å². The second-order valence-electron chi connectivity index (χ2n) is 7.11. The molecule has 0 spiro atoms. The van der Waals surface area contributed by atoms with E-state index in [-0.39, 0.29) is 17.0 Å². The number of amides is 1. The van der Waals surface area contributed by atoms with Crippen molar-refractivity contribution < 1.29 is 32.3 Å². The predicted octanol–water partition coefficient (Wildman–Crippen LogP) is 4.35. The van der Waals surface area contributed by atoms with Gasteiger partial charge in [-0.05, 0) is 45.0 Å². The number of aromatic carboxylic acids is 1. The summed E-state index contributed by atoms with van der Waals surface area (Å²) in [5.74, 6) is -2.53. The van der Waals surface area contributed by atoms with Crippen LogP contribution in [0.25, 0.3) is 11.0 Å². The molecule has 28 heavy (non-hydrogen) atoms. The minimum Gasteiger partial charge on any atom is -0.475 e. The standard InChI is InChI=1S/C18H16F3N3O4/c1-17(2,3)24-14(18(19,20)21)11(8-22-24)15(25)23-10-4-5-12-9(6-10)7-13(28-12)16(26)27/h4-8H,1-3H3,(H,23,25)(H,26,27). The quantitative estimate of drug-likeness (QED) is 0.687. The lowest BCUT2D eigenvalue weighted by Crippen LogP contribution is -2.30. The van der Waals surface area contributed by atoms with Crippen LogP contribution in [0.3, 0.4) is 0 Å². The Hall–Kier alpha value is -3.30. The summed E-state index contributed by atoms with van der Waals surface area (Å²) in [5, 5.41) is 15.5. The Balaban J connectivity index is 1.96. The van der Waals surface area contributed by atoms with Crippen LogP contribution >= 0.6 is 0 Å². The van der Waals surface area contributed by atoms with Crippen LogP contribution in [0.2, 0.25) is 0 Å². The minimum absolute atomic E-state index is 0.187. The highest BCUT2D eigenvalue weighted by atomic mass is 19.4. The van der Waals surface area contributed by atoms with E-state index in [4.69, 9.17) is 9.52 Å². The molecule has 0 unspecified atom stereocenters. The van der Waals surface area contributed by atoms with Crippen LogP contribution < -0.4 is 5.32 Å². The van der Waals surface area contributed by atoms with Gasteiger partial charge in [-0.3, -0.25) is 9.48 Å². The summed E-state index contributed by atoms with van der Waals surface area (Å²) in [5.41, 5.74) is -2.28. The van der Waals surface area contributed by atoms with Gasteiger partial charge in [0, 0.05) is 11.1 Å². The number of nitrogens with one attached hydrogen (secondary N) is 1. The number of anilines is 1. The van der Waals surface area contributed by atoms with Crippen molar-refractivity contribution in [2.75, 3.05) is 5.32 Å². The number of hydrogen-bond acceptors (Lipinski definition) is 4. The molecule has 0 aliphatic carbocycles. The summed E-state index contributed by atoms with van der Waals surface area (Å²) in [6, 6.07) is 5.48. The van der Waals surface area contributed by atoms with E-state index in [1.54, 1.807) is 20.8 Å². The Morgan fingerprint density at radius 1 is 1.18 bits per heavy atom. The van der Waals surface area contributed by atoms with Crippen LogP contribution in [0.5, 0.6) is 0 Å². The largest absolute Gasteiger partial charge is 0.475 e. The molecule has 0 saturated carbocycles. The number of hydrogen-bond donors (Lipinski definition) is 2. The molecule has 0 bridgehead atoms. The zero-order valence-electron chi connectivity index (χ0n) is 15.1. The maximum atomic E-state index is 13.5. The molecule has 1 aromatic carbocycles. The molecule has 10 heteroatoms. The topological polar surface area (TPSA) is 97.4 Å². The van der Waals surface area contributed by atoms with Gasteiger partial charge in [0.05, 0.1) is 17.3 Å². The first-order valence-electron chi connectivity index (χ1n) is 8.12. The third-order valence-electron chi connectivity index (χ3n) is 3.90. The van der Waals surface area contributed by atoms with E-state index in [1.807, 2.05) is 0 Å². The third kappa shape index (κ3) is 3.57. The van der Waals surface area contributed by atoms with Crippen molar-refractivity contribution in [2.45, 2.75) is 32.5 Å². The van der Waals surface area contributed by atoms with Gasteiger partial charge >= 0.3 is 12.1 Å². The van der Waals surface area contributed by atoms with Gasteiger partial charge in [0.2, 0.25) is 5.76 Å². The average Bonchev–Trinajstić information content (AvgIpc) is 3.18. The summed E-state index contributed by atoms with van der Waals surface area (Å²) in [4.78, 5) is 23.4. The second-order valence-corrected chi connectivity index (χ2v) is 7.11. The van der Waals surface area contributed by atoms with Crippen LogP contribution in [-0.2, 0) is 11.7 Å². The highest BCUT2D eigenvalue weighted by molar-refractivity contribution is 6.06. The molecule has 0 fully saturated rings. The van der Waals surface area contributed by atoms with E-state index < -0.39 is 34.8 Å². The van der Waals surface area contributed by atoms with Crippen molar-refractivity contribution in [3.63, 3.8) is 0 Å². The van der Waals surface area contributed by atoms with E-state index in [2.05, 4.69) is 10.4 Å². The van der Waals surface area contributed by atoms with E-state index in [9.17, 15) is 22.8 Å². The maximum absolute atomic E-state index is 13.5. The molecule has 2 aromatic heterocycles. The summed E-state index contributed by atoms with van der Waals surface area (Å²) < 4.78 is 46.5. The van der Waals surface area contributed by atoms with Crippen molar-refractivity contribution in [3.8, 4) is 0 Å². The Bertz CT molecular complexity index is 1070. The van der Waals surface area contributed by atoms with E-state index in [0.29, 0.717) is 5.39 Å². The first-order valence-corrected chi connectivity index (χ1v) is 8.12. The number of carbonyl (C=O) groups excluding carboxylic acids is 1. The molecule has 0 saturated heterocycles. The van der Waals surface area contributed by atoms with Crippen LogP contribution in [0.4, 0.5) is 18.9 Å². The van der Waals surface area contributed by atoms with Crippen LogP contribution in [0.15, 0.2) is 34.9 Å². The SMILES string of the molecule is CC(C)(C)n1ncc(C(=O)Nc2ccc3oc(C(=O)O)cc3c2)c1C(F)(F)F. The Morgan fingerprint density at radius 2 is 1.86 bits per heavy atom. The lowest BCUT2D eigenvalue weighted by atomic mass is 10.1. The molecular formula is C18H16F3N3O4. The van der Waals surface area contributed by atoms with Crippen molar-refractivity contribution in [1.82, 2.24) is 9.78 Å². The molecule has 0 radical (unpaired) electrons. The van der Waals surface area contributed by atoms with Crippen molar-refractivity contribution >= 4 is 28.5 Å². The third-order valence-corrected chi connectivity index (χ3v) is 3.90. The predicted molar refractivity (Wildman–Crippen MR) is 93.4 cm³/mol. The molecule has 3 rings (SSSR count). The van der Waals surface area contributed by atoms with E-state index in [0.717, 1.165) is 10.9 Å². The highest BCUT2D eigenvalue weighted by Crippen LogP contribution is 2.35. The van der Waals surface area contributed by atoms with E-state index >= 15 is 0 Å². The number of carbonyl (C=O) groups is 2. The Morgan fingerprint density at radius 3 is 2.43 bits per heavy atom. The molecule has 3 aromatic rings. The number of benzene rings is 1. The lowest BCUT2D eigenvalue weighted by Gasteiger charge is -2.23. The molecule has 148 valence electrons. The molecule has 0 aliphatic rings. The van der Waals surface area contributed by atoms with Crippen molar-refractivity contribution in [1.29, 1.82) is 0 Å². The highest BCUT2D eigenvalue weighted by Gasteiger charge is 2.42. The number of fused-ring (bicyclic) bond motifs is 1. The first-order chi connectivity index (χ1) is 12.9. The van der Waals surface area contributed by atoms with Crippen LogP contribution in [0.1, 0.15) is 47.4 Å². The van der Waals surface area contributed by atoms with Gasteiger partial charge in [0.25, 0.3) is 5.91 Å². The number of aromatic nitrogens is 2. The smallest absolute Gasteiger partial charge is 0.433 e. The molecule has 0 aliphatic heterocycles. The fraction of sp³-hybridized carbons (Fsp3) is 0.278. The number of nitrogens with zero attached hydrogens (tertiary/aromatic N) is 2. The summed E-state index contributed by atoms with van der Waals surface area (Å²) in [7, 11) is 0. The summed E-state index contributed by atoms with van der Waals surface area (Å²) in [6.07, 6.45) is -3.90. The molecule has 2 N–H and O–H groups in total. The van der Waals surface area contributed by atoms with Gasteiger partial charge in [0.15, 0.2) is 5.69 Å². The Kier molecular flexibility index (Phi) is 4.44. The first kappa shape index (κ1) is 19.5. The molecular weight excluding hydrogens is 379 g/mol. The Labute approximate surface area is 156 Å². The second kappa shape index (κ2) is 6.39. The lowest BCUT2D eigenvalue weighted by molar-refractivity contribution is -0.146. The number of alkyl halides is 3.